The highest BCUT2D eigenvalue weighted by Gasteiger charge is 2.39. The summed E-state index contributed by atoms with van der Waals surface area (Å²) in [5, 5.41) is 3.18. The smallest absolute Gasteiger partial charge is 0.408 e. The summed E-state index contributed by atoms with van der Waals surface area (Å²) in [6.45, 7) is 2.43. The normalized spacial score (nSPS) is 17.6. The van der Waals surface area contributed by atoms with Crippen LogP contribution < -0.4 is 11.1 Å². The molecule has 0 spiro atoms. The van der Waals surface area contributed by atoms with Gasteiger partial charge in [0.2, 0.25) is 0 Å². The summed E-state index contributed by atoms with van der Waals surface area (Å²) < 4.78 is 12.1. The van der Waals surface area contributed by atoms with Crippen molar-refractivity contribution >= 4 is 11.1 Å². The van der Waals surface area contributed by atoms with Crippen molar-refractivity contribution in [3.8, 4) is 0 Å². The van der Waals surface area contributed by atoms with Crippen molar-refractivity contribution in [2.45, 2.75) is 11.8 Å². The van der Waals surface area contributed by atoms with Crippen LogP contribution in [0, 0.1) is 0 Å². The molecule has 5 nitrogen and oxygen atoms in total. The van der Waals surface area contributed by atoms with Gasteiger partial charge in [0.05, 0.1) is 18.7 Å². The van der Waals surface area contributed by atoms with Gasteiger partial charge in [-0.2, -0.15) is 0 Å². The fourth-order valence-corrected chi connectivity index (χ4v) is 2.62. The van der Waals surface area contributed by atoms with Crippen LogP contribution in [-0.2, 0) is 17.2 Å². The van der Waals surface area contributed by atoms with E-state index in [1.807, 2.05) is 19.2 Å². The maximum Gasteiger partial charge on any atom is 0.419 e. The molecule has 1 aromatic heterocycles. The quantitative estimate of drug-likeness (QED) is 0.893. The van der Waals surface area contributed by atoms with Gasteiger partial charge >= 0.3 is 5.76 Å². The predicted molar refractivity (Wildman–Crippen MR) is 72.5 cm³/mol. The van der Waals surface area contributed by atoms with Gasteiger partial charge in [-0.25, -0.2) is 4.79 Å². The maximum absolute atomic E-state index is 11.5. The number of rotatable bonds is 4. The molecule has 0 aliphatic carbocycles. The number of aryl methyl sites for hydroxylation is 1. The van der Waals surface area contributed by atoms with Crippen LogP contribution in [0.2, 0.25) is 0 Å². The molecular formula is C14H18N2O3. The maximum atomic E-state index is 11.5. The van der Waals surface area contributed by atoms with Crippen molar-refractivity contribution in [2.24, 2.45) is 7.05 Å². The molecule has 0 amide bonds. The first-order valence-corrected chi connectivity index (χ1v) is 6.49. The SMILES string of the molecule is CNCCC1(c2ccc3oc(=O)n(C)c3c2)COC1. The number of ether oxygens (including phenoxy) is 1. The van der Waals surface area contributed by atoms with E-state index in [9.17, 15) is 4.79 Å². The zero-order valence-electron chi connectivity index (χ0n) is 11.2. The molecular weight excluding hydrogens is 244 g/mol. The van der Waals surface area contributed by atoms with Crippen LogP contribution >= 0.6 is 0 Å². The third-order valence-corrected chi connectivity index (χ3v) is 4.01. The molecule has 0 bridgehead atoms. The number of fused-ring (bicyclic) bond motifs is 1. The lowest BCUT2D eigenvalue weighted by Crippen LogP contribution is -2.48. The number of aromatic nitrogens is 1. The van der Waals surface area contributed by atoms with Crippen LogP contribution in [0.25, 0.3) is 11.1 Å². The van der Waals surface area contributed by atoms with Crippen molar-refractivity contribution in [1.29, 1.82) is 0 Å². The van der Waals surface area contributed by atoms with Gasteiger partial charge in [-0.05, 0) is 37.7 Å². The molecule has 1 N–H and O–H groups in total. The lowest BCUT2D eigenvalue weighted by atomic mass is 9.76. The van der Waals surface area contributed by atoms with Crippen LogP contribution in [0.3, 0.4) is 0 Å². The van der Waals surface area contributed by atoms with Crippen molar-refractivity contribution in [1.82, 2.24) is 9.88 Å². The molecule has 2 aromatic rings. The van der Waals surface area contributed by atoms with E-state index in [0.29, 0.717) is 5.58 Å². The third-order valence-electron chi connectivity index (χ3n) is 4.01. The second kappa shape index (κ2) is 4.51. The minimum absolute atomic E-state index is 0.0739. The fourth-order valence-electron chi connectivity index (χ4n) is 2.62. The number of nitrogens with one attached hydrogen (secondary N) is 1. The largest absolute Gasteiger partial charge is 0.419 e. The van der Waals surface area contributed by atoms with E-state index in [4.69, 9.17) is 9.15 Å². The molecule has 0 unspecified atom stereocenters. The van der Waals surface area contributed by atoms with E-state index in [-0.39, 0.29) is 11.2 Å². The Balaban J connectivity index is 2.04. The van der Waals surface area contributed by atoms with E-state index in [1.54, 1.807) is 11.6 Å². The second-order valence-electron chi connectivity index (χ2n) is 5.24. The zero-order valence-corrected chi connectivity index (χ0v) is 11.2. The molecule has 2 heterocycles. The summed E-state index contributed by atoms with van der Waals surface area (Å²) in [6, 6.07) is 5.98. The Labute approximate surface area is 111 Å². The first-order chi connectivity index (χ1) is 9.16. The van der Waals surface area contributed by atoms with Gasteiger partial charge in [0.25, 0.3) is 0 Å². The summed E-state index contributed by atoms with van der Waals surface area (Å²) in [7, 11) is 3.69. The van der Waals surface area contributed by atoms with E-state index in [0.717, 1.165) is 31.7 Å². The standard InChI is InChI=1S/C14H18N2O3/c1-15-6-5-14(8-18-9-14)10-3-4-12-11(7-10)16(2)13(17)19-12/h3-4,7,15H,5-6,8-9H2,1-2H3. The number of hydrogen-bond donors (Lipinski definition) is 1. The highest BCUT2D eigenvalue weighted by molar-refractivity contribution is 5.74. The van der Waals surface area contributed by atoms with Gasteiger partial charge in [0.1, 0.15) is 0 Å². The Morgan fingerprint density at radius 3 is 2.84 bits per heavy atom. The number of benzene rings is 1. The molecule has 1 fully saturated rings. The van der Waals surface area contributed by atoms with E-state index in [1.165, 1.54) is 5.56 Å². The van der Waals surface area contributed by atoms with Crippen molar-refractivity contribution in [3.05, 3.63) is 34.3 Å². The minimum atomic E-state index is -0.318. The molecule has 0 radical (unpaired) electrons. The van der Waals surface area contributed by atoms with Gasteiger partial charge in [0, 0.05) is 12.5 Å². The molecule has 102 valence electrons. The molecule has 1 saturated heterocycles. The van der Waals surface area contributed by atoms with Crippen LogP contribution in [-0.4, -0.2) is 31.4 Å². The van der Waals surface area contributed by atoms with E-state index < -0.39 is 0 Å². The van der Waals surface area contributed by atoms with E-state index >= 15 is 0 Å². The van der Waals surface area contributed by atoms with Gasteiger partial charge in [-0.15, -0.1) is 0 Å². The van der Waals surface area contributed by atoms with Crippen molar-refractivity contribution in [3.63, 3.8) is 0 Å². The van der Waals surface area contributed by atoms with E-state index in [2.05, 4.69) is 11.4 Å². The second-order valence-corrected chi connectivity index (χ2v) is 5.24. The van der Waals surface area contributed by atoms with Crippen molar-refractivity contribution in [2.75, 3.05) is 26.8 Å². The summed E-state index contributed by atoms with van der Waals surface area (Å²) >= 11 is 0. The Bertz CT molecular complexity index is 652. The molecule has 19 heavy (non-hydrogen) atoms. The lowest BCUT2D eigenvalue weighted by molar-refractivity contribution is -0.0637. The molecule has 1 aliphatic rings. The molecule has 1 aliphatic heterocycles. The number of oxazole rings is 1. The topological polar surface area (TPSA) is 56.4 Å². The molecule has 5 heteroatoms. The third kappa shape index (κ3) is 1.89. The number of hydrogen-bond acceptors (Lipinski definition) is 4. The monoisotopic (exact) mass is 262 g/mol. The minimum Gasteiger partial charge on any atom is -0.408 e. The molecule has 0 atom stereocenters. The van der Waals surface area contributed by atoms with Crippen LogP contribution in [0.1, 0.15) is 12.0 Å². The van der Waals surface area contributed by atoms with Gasteiger partial charge in [-0.1, -0.05) is 6.07 Å². The zero-order chi connectivity index (χ0) is 13.5. The summed E-state index contributed by atoms with van der Waals surface area (Å²) in [5.74, 6) is -0.318. The van der Waals surface area contributed by atoms with Gasteiger partial charge in [-0.3, -0.25) is 4.57 Å². The molecule has 1 aromatic carbocycles. The Morgan fingerprint density at radius 1 is 1.42 bits per heavy atom. The Hall–Kier alpha value is -1.59. The number of nitrogens with zero attached hydrogens (tertiary/aromatic N) is 1. The molecule has 3 rings (SSSR count). The predicted octanol–water partition coefficient (Wildman–Crippen LogP) is 1.01. The average Bonchev–Trinajstić information content (AvgIpc) is 2.64. The van der Waals surface area contributed by atoms with Gasteiger partial charge < -0.3 is 14.5 Å². The van der Waals surface area contributed by atoms with Gasteiger partial charge in [0.15, 0.2) is 5.58 Å². The molecule has 0 saturated carbocycles. The highest BCUT2D eigenvalue weighted by atomic mass is 16.5. The first kappa shape index (κ1) is 12.4. The van der Waals surface area contributed by atoms with Crippen molar-refractivity contribution < 1.29 is 9.15 Å². The van der Waals surface area contributed by atoms with Crippen LogP contribution in [0.15, 0.2) is 27.4 Å². The Morgan fingerprint density at radius 2 is 2.21 bits per heavy atom. The summed E-state index contributed by atoms with van der Waals surface area (Å²) in [4.78, 5) is 11.5. The van der Waals surface area contributed by atoms with Crippen LogP contribution in [0.5, 0.6) is 0 Å². The lowest BCUT2D eigenvalue weighted by Gasteiger charge is -2.42. The van der Waals surface area contributed by atoms with Crippen LogP contribution in [0.4, 0.5) is 0 Å². The average molecular weight is 262 g/mol. The summed E-state index contributed by atoms with van der Waals surface area (Å²) in [6.07, 6.45) is 1.03. The fraction of sp³-hybridized carbons (Fsp3) is 0.500. The highest BCUT2D eigenvalue weighted by Crippen LogP contribution is 2.36. The summed E-state index contributed by atoms with van der Waals surface area (Å²) in [5.41, 5.74) is 2.78. The Kier molecular flexibility index (Phi) is 2.95. The first-order valence-electron chi connectivity index (χ1n) is 6.49.